The summed E-state index contributed by atoms with van der Waals surface area (Å²) >= 11 is 0. The first-order valence-corrected chi connectivity index (χ1v) is 5.38. The average Bonchev–Trinajstić information content (AvgIpc) is 2.83. The summed E-state index contributed by atoms with van der Waals surface area (Å²) in [7, 11) is 1.67. The second-order valence-electron chi connectivity index (χ2n) is 5.07. The van der Waals surface area contributed by atoms with Crippen molar-refractivity contribution in [2.24, 2.45) is 18.4 Å². The molecule has 1 saturated carbocycles. The molecule has 86 valence electrons. The summed E-state index contributed by atoms with van der Waals surface area (Å²) in [5, 5.41) is 2.70. The number of anilines is 1. The Balaban J connectivity index is 2.14. The monoisotopic (exact) mass is 220 g/mol. The Morgan fingerprint density at radius 3 is 2.75 bits per heavy atom. The summed E-state index contributed by atoms with van der Waals surface area (Å²) in [5.74, 6) is -0.00860. The quantitative estimate of drug-likeness (QED) is 0.818. The molecule has 1 N–H and O–H groups in total. The van der Waals surface area contributed by atoms with Crippen LogP contribution in [-0.2, 0) is 11.8 Å². The summed E-state index contributed by atoms with van der Waals surface area (Å²) in [6.07, 6.45) is 2.56. The van der Waals surface area contributed by atoms with E-state index in [2.05, 4.69) is 19.2 Å². The third-order valence-electron chi connectivity index (χ3n) is 3.21. The van der Waals surface area contributed by atoms with Gasteiger partial charge in [0.1, 0.15) is 5.69 Å². The maximum Gasteiger partial charge on any atom is 0.274 e. The fraction of sp³-hybridized carbons (Fsp3) is 0.500. The highest BCUT2D eigenvalue weighted by Gasteiger charge is 2.50. The van der Waals surface area contributed by atoms with Crippen LogP contribution in [0.4, 0.5) is 5.69 Å². The molecule has 16 heavy (non-hydrogen) atoms. The van der Waals surface area contributed by atoms with Crippen LogP contribution in [0.2, 0.25) is 0 Å². The third kappa shape index (κ3) is 1.87. The van der Waals surface area contributed by atoms with Crippen LogP contribution in [0.15, 0.2) is 23.1 Å². The highest BCUT2D eigenvalue weighted by molar-refractivity contribution is 5.94. The van der Waals surface area contributed by atoms with E-state index in [9.17, 15) is 9.59 Å². The maximum absolute atomic E-state index is 11.8. The molecule has 4 nitrogen and oxygen atoms in total. The van der Waals surface area contributed by atoms with Crippen molar-refractivity contribution in [1.29, 1.82) is 0 Å². The standard InChI is InChI=1S/C12H16N2O2/c1-12(2)7-8(12)10(15)13-9-5-4-6-14(3)11(9)16/h4-6,8H,7H2,1-3H3,(H,13,15)/t8-/m1/s1. The number of pyridine rings is 1. The molecule has 1 atom stereocenters. The van der Waals surface area contributed by atoms with Gasteiger partial charge in [0.2, 0.25) is 5.91 Å². The first kappa shape index (κ1) is 10.9. The predicted molar refractivity (Wildman–Crippen MR) is 62.2 cm³/mol. The number of rotatable bonds is 2. The van der Waals surface area contributed by atoms with Gasteiger partial charge in [-0.25, -0.2) is 0 Å². The number of amides is 1. The number of nitrogens with zero attached hydrogens (tertiary/aromatic N) is 1. The Morgan fingerprint density at radius 2 is 2.19 bits per heavy atom. The van der Waals surface area contributed by atoms with E-state index in [1.54, 1.807) is 25.4 Å². The molecule has 0 saturated heterocycles. The lowest BCUT2D eigenvalue weighted by Gasteiger charge is -2.06. The number of aromatic nitrogens is 1. The highest BCUT2D eigenvalue weighted by atomic mass is 16.2. The Labute approximate surface area is 94.3 Å². The lowest BCUT2D eigenvalue weighted by Crippen LogP contribution is -2.25. The molecule has 2 rings (SSSR count). The molecule has 4 heteroatoms. The summed E-state index contributed by atoms with van der Waals surface area (Å²) in [4.78, 5) is 23.5. The molecule has 1 aliphatic rings. The molecular formula is C12H16N2O2. The number of aryl methyl sites for hydroxylation is 1. The molecule has 0 unspecified atom stereocenters. The smallest absolute Gasteiger partial charge is 0.274 e. The zero-order valence-corrected chi connectivity index (χ0v) is 9.78. The molecule has 0 spiro atoms. The van der Waals surface area contributed by atoms with Gasteiger partial charge >= 0.3 is 0 Å². The summed E-state index contributed by atoms with van der Waals surface area (Å²) in [6, 6.07) is 3.38. The van der Waals surface area contributed by atoms with Crippen LogP contribution >= 0.6 is 0 Å². The molecule has 1 heterocycles. The number of hydrogen-bond acceptors (Lipinski definition) is 2. The van der Waals surface area contributed by atoms with Gasteiger partial charge in [-0.15, -0.1) is 0 Å². The minimum Gasteiger partial charge on any atom is -0.321 e. The van der Waals surface area contributed by atoms with Gasteiger partial charge in [0, 0.05) is 19.2 Å². The number of nitrogens with one attached hydrogen (secondary N) is 1. The van der Waals surface area contributed by atoms with Crippen LogP contribution in [0, 0.1) is 11.3 Å². The van der Waals surface area contributed by atoms with Crippen molar-refractivity contribution in [3.8, 4) is 0 Å². The van der Waals surface area contributed by atoms with E-state index in [0.717, 1.165) is 6.42 Å². The normalized spacial score (nSPS) is 21.6. The van der Waals surface area contributed by atoms with Crippen molar-refractivity contribution in [2.75, 3.05) is 5.32 Å². The Morgan fingerprint density at radius 1 is 1.56 bits per heavy atom. The Kier molecular flexibility index (Phi) is 2.37. The fourth-order valence-corrected chi connectivity index (χ4v) is 1.83. The van der Waals surface area contributed by atoms with E-state index in [-0.39, 0.29) is 22.8 Å². The lowest BCUT2D eigenvalue weighted by atomic mass is 10.1. The summed E-state index contributed by atoms with van der Waals surface area (Å²) in [5.41, 5.74) is 0.274. The maximum atomic E-state index is 11.8. The first-order chi connectivity index (χ1) is 7.42. The second-order valence-corrected chi connectivity index (χ2v) is 5.07. The van der Waals surface area contributed by atoms with E-state index in [0.29, 0.717) is 5.69 Å². The lowest BCUT2D eigenvalue weighted by molar-refractivity contribution is -0.118. The van der Waals surface area contributed by atoms with Gasteiger partial charge in [0.15, 0.2) is 0 Å². The summed E-state index contributed by atoms with van der Waals surface area (Å²) < 4.78 is 1.45. The van der Waals surface area contributed by atoms with Gasteiger partial charge in [-0.1, -0.05) is 13.8 Å². The number of hydrogen-bond donors (Lipinski definition) is 1. The van der Waals surface area contributed by atoms with E-state index in [1.807, 2.05) is 0 Å². The molecule has 1 aromatic heterocycles. The zero-order chi connectivity index (χ0) is 11.9. The predicted octanol–water partition coefficient (Wildman–Crippen LogP) is 1.37. The summed E-state index contributed by atoms with van der Waals surface area (Å²) in [6.45, 7) is 4.11. The zero-order valence-electron chi connectivity index (χ0n) is 9.78. The van der Waals surface area contributed by atoms with Gasteiger partial charge in [-0.3, -0.25) is 9.59 Å². The van der Waals surface area contributed by atoms with Gasteiger partial charge in [-0.05, 0) is 24.0 Å². The van der Waals surface area contributed by atoms with Gasteiger partial charge in [-0.2, -0.15) is 0 Å². The molecule has 1 fully saturated rings. The minimum atomic E-state index is -0.172. The van der Waals surface area contributed by atoms with Crippen LogP contribution in [-0.4, -0.2) is 10.5 Å². The average molecular weight is 220 g/mol. The van der Waals surface area contributed by atoms with Crippen molar-refractivity contribution in [1.82, 2.24) is 4.57 Å². The molecule has 0 aliphatic heterocycles. The Bertz CT molecular complexity index is 488. The molecule has 1 amide bonds. The fourth-order valence-electron chi connectivity index (χ4n) is 1.83. The van der Waals surface area contributed by atoms with Gasteiger partial charge in [0.25, 0.3) is 5.56 Å². The van der Waals surface area contributed by atoms with Gasteiger partial charge in [0.05, 0.1) is 0 Å². The molecule has 1 aromatic rings. The second kappa shape index (κ2) is 3.47. The van der Waals surface area contributed by atoms with Crippen LogP contribution in [0.25, 0.3) is 0 Å². The number of carbonyl (C=O) groups excluding carboxylic acids is 1. The van der Waals surface area contributed by atoms with E-state index in [1.165, 1.54) is 4.57 Å². The van der Waals surface area contributed by atoms with E-state index < -0.39 is 0 Å². The largest absolute Gasteiger partial charge is 0.321 e. The highest BCUT2D eigenvalue weighted by Crippen LogP contribution is 2.51. The van der Waals surface area contributed by atoms with Crippen molar-refractivity contribution >= 4 is 11.6 Å². The molecular weight excluding hydrogens is 204 g/mol. The van der Waals surface area contributed by atoms with Gasteiger partial charge < -0.3 is 9.88 Å². The van der Waals surface area contributed by atoms with Crippen molar-refractivity contribution in [2.45, 2.75) is 20.3 Å². The van der Waals surface area contributed by atoms with Crippen LogP contribution in [0.3, 0.4) is 0 Å². The third-order valence-corrected chi connectivity index (χ3v) is 3.21. The first-order valence-electron chi connectivity index (χ1n) is 5.38. The topological polar surface area (TPSA) is 51.1 Å². The molecule has 0 radical (unpaired) electrons. The van der Waals surface area contributed by atoms with Crippen molar-refractivity contribution in [3.05, 3.63) is 28.7 Å². The minimum absolute atomic E-state index is 0.0393. The van der Waals surface area contributed by atoms with Crippen LogP contribution < -0.4 is 10.9 Å². The number of carbonyl (C=O) groups is 1. The SMILES string of the molecule is Cn1cccc(NC(=O)[C@H]2CC2(C)C)c1=O. The van der Waals surface area contributed by atoms with E-state index >= 15 is 0 Å². The van der Waals surface area contributed by atoms with Crippen molar-refractivity contribution < 1.29 is 4.79 Å². The molecule has 1 aliphatic carbocycles. The molecule has 0 aromatic carbocycles. The van der Waals surface area contributed by atoms with E-state index in [4.69, 9.17) is 0 Å². The molecule has 0 bridgehead atoms. The Hall–Kier alpha value is -1.58. The van der Waals surface area contributed by atoms with Crippen LogP contribution in [0.5, 0.6) is 0 Å². The van der Waals surface area contributed by atoms with Crippen LogP contribution in [0.1, 0.15) is 20.3 Å². The van der Waals surface area contributed by atoms with Crippen molar-refractivity contribution in [3.63, 3.8) is 0 Å².